The lowest BCUT2D eigenvalue weighted by Gasteiger charge is -2.05. The van der Waals surface area contributed by atoms with Gasteiger partial charge in [0, 0.05) is 6.61 Å². The fraction of sp³-hybridized carbons (Fsp3) is 0.947. The summed E-state index contributed by atoms with van der Waals surface area (Å²) in [7, 11) is 0. The number of aliphatic carboxylic acids is 1. The summed E-state index contributed by atoms with van der Waals surface area (Å²) in [4.78, 5) is 10.2. The molecule has 0 aliphatic rings. The van der Waals surface area contributed by atoms with E-state index < -0.39 is 5.97 Å². The molecule has 138 valence electrons. The van der Waals surface area contributed by atoms with Crippen molar-refractivity contribution in [1.82, 2.24) is 0 Å². The van der Waals surface area contributed by atoms with Gasteiger partial charge in [-0.25, -0.2) is 4.79 Å². The van der Waals surface area contributed by atoms with E-state index >= 15 is 0 Å². The number of carbonyl (C=O) groups is 1. The third kappa shape index (κ3) is 21.4. The average Bonchev–Trinajstić information content (AvgIpc) is 2.53. The van der Waals surface area contributed by atoms with Crippen LogP contribution >= 0.6 is 0 Å². The van der Waals surface area contributed by atoms with Crippen molar-refractivity contribution >= 4 is 5.97 Å². The molecule has 0 atom stereocenters. The molecular formula is C19H38O4. The molecule has 0 aromatic heterocycles. The molecule has 0 rings (SSSR count). The van der Waals surface area contributed by atoms with Gasteiger partial charge in [0.2, 0.25) is 0 Å². The second-order valence-electron chi connectivity index (χ2n) is 6.30. The molecule has 0 heterocycles. The van der Waals surface area contributed by atoms with Gasteiger partial charge in [0.15, 0.2) is 0 Å². The van der Waals surface area contributed by atoms with Crippen LogP contribution in [0.15, 0.2) is 0 Å². The number of rotatable bonds is 19. The van der Waals surface area contributed by atoms with Crippen LogP contribution < -0.4 is 0 Å². The van der Waals surface area contributed by atoms with Crippen LogP contribution in [-0.4, -0.2) is 37.5 Å². The Balaban J connectivity index is 2.96. The molecule has 0 amide bonds. The van der Waals surface area contributed by atoms with Gasteiger partial charge in [-0.3, -0.25) is 0 Å². The number of unbranched alkanes of at least 4 members (excludes halogenated alkanes) is 12. The zero-order valence-electron chi connectivity index (χ0n) is 15.2. The molecule has 4 nitrogen and oxygen atoms in total. The predicted octanol–water partition coefficient (Wildman–Crippen LogP) is 5.20. The molecule has 4 heteroatoms. The quantitative estimate of drug-likeness (QED) is 0.331. The van der Waals surface area contributed by atoms with Gasteiger partial charge in [-0.2, -0.15) is 0 Å². The Kier molecular flexibility index (Phi) is 18.9. The largest absolute Gasteiger partial charge is 0.480 e. The molecule has 0 radical (unpaired) electrons. The van der Waals surface area contributed by atoms with Crippen molar-refractivity contribution in [3.05, 3.63) is 0 Å². The lowest BCUT2D eigenvalue weighted by Crippen LogP contribution is -2.11. The van der Waals surface area contributed by atoms with Crippen LogP contribution in [0.1, 0.15) is 90.4 Å². The average molecular weight is 331 g/mol. The van der Waals surface area contributed by atoms with Gasteiger partial charge in [0.25, 0.3) is 0 Å². The third-order valence-corrected chi connectivity index (χ3v) is 3.99. The van der Waals surface area contributed by atoms with E-state index in [-0.39, 0.29) is 6.61 Å². The maximum atomic E-state index is 10.2. The highest BCUT2D eigenvalue weighted by Crippen LogP contribution is 2.12. The summed E-state index contributed by atoms with van der Waals surface area (Å²) in [5.74, 6) is -0.929. The Labute approximate surface area is 142 Å². The van der Waals surface area contributed by atoms with Gasteiger partial charge in [-0.1, -0.05) is 84.0 Å². The molecule has 0 aliphatic carbocycles. The molecule has 0 spiro atoms. The summed E-state index contributed by atoms with van der Waals surface area (Å²) >= 11 is 0. The summed E-state index contributed by atoms with van der Waals surface area (Å²) < 4.78 is 10.3. The molecule has 0 aromatic rings. The molecule has 1 N–H and O–H groups in total. The molecule has 0 bridgehead atoms. The first-order chi connectivity index (χ1) is 11.3. The predicted molar refractivity (Wildman–Crippen MR) is 95.0 cm³/mol. The minimum absolute atomic E-state index is 0.234. The van der Waals surface area contributed by atoms with Crippen molar-refractivity contribution in [2.45, 2.75) is 90.4 Å². The highest BCUT2D eigenvalue weighted by atomic mass is 16.5. The van der Waals surface area contributed by atoms with Gasteiger partial charge in [-0.15, -0.1) is 0 Å². The molecule has 0 fully saturated rings. The number of hydrogen-bond acceptors (Lipinski definition) is 3. The fourth-order valence-electron chi connectivity index (χ4n) is 2.60. The lowest BCUT2D eigenvalue weighted by atomic mass is 10.0. The smallest absolute Gasteiger partial charge is 0.329 e. The topological polar surface area (TPSA) is 55.8 Å². The number of carboxylic acid groups (broad SMARTS) is 1. The zero-order chi connectivity index (χ0) is 17.0. The van der Waals surface area contributed by atoms with Crippen LogP contribution in [0.3, 0.4) is 0 Å². The van der Waals surface area contributed by atoms with E-state index in [9.17, 15) is 4.79 Å². The van der Waals surface area contributed by atoms with Gasteiger partial charge in [0.05, 0.1) is 13.2 Å². The first kappa shape index (κ1) is 22.4. The van der Waals surface area contributed by atoms with E-state index in [2.05, 4.69) is 6.92 Å². The summed E-state index contributed by atoms with van der Waals surface area (Å²) in [6, 6.07) is 0. The number of ether oxygens (including phenoxy) is 2. The molecule has 0 saturated heterocycles. The second-order valence-corrected chi connectivity index (χ2v) is 6.30. The zero-order valence-corrected chi connectivity index (χ0v) is 15.2. The van der Waals surface area contributed by atoms with E-state index in [0.717, 1.165) is 13.0 Å². The van der Waals surface area contributed by atoms with Crippen molar-refractivity contribution in [1.29, 1.82) is 0 Å². The maximum Gasteiger partial charge on any atom is 0.329 e. The van der Waals surface area contributed by atoms with E-state index in [1.165, 1.54) is 77.0 Å². The molecular weight excluding hydrogens is 292 g/mol. The molecule has 0 aromatic carbocycles. The molecule has 0 saturated carbocycles. The van der Waals surface area contributed by atoms with Crippen molar-refractivity contribution in [2.24, 2.45) is 0 Å². The van der Waals surface area contributed by atoms with E-state index in [4.69, 9.17) is 14.6 Å². The molecule has 23 heavy (non-hydrogen) atoms. The first-order valence-electron chi connectivity index (χ1n) is 9.64. The first-order valence-corrected chi connectivity index (χ1v) is 9.64. The Morgan fingerprint density at radius 3 is 1.57 bits per heavy atom. The van der Waals surface area contributed by atoms with Gasteiger partial charge in [-0.05, 0) is 6.42 Å². The Bertz CT molecular complexity index is 244. The van der Waals surface area contributed by atoms with Gasteiger partial charge >= 0.3 is 5.97 Å². The third-order valence-electron chi connectivity index (χ3n) is 3.99. The highest BCUT2D eigenvalue weighted by molar-refractivity contribution is 5.67. The minimum Gasteiger partial charge on any atom is -0.480 e. The summed E-state index contributed by atoms with van der Waals surface area (Å²) in [5.41, 5.74) is 0. The Hall–Kier alpha value is -0.610. The molecule has 0 unspecified atom stereocenters. The fourth-order valence-corrected chi connectivity index (χ4v) is 2.60. The van der Waals surface area contributed by atoms with Crippen LogP contribution in [0.4, 0.5) is 0 Å². The minimum atomic E-state index is -0.929. The van der Waals surface area contributed by atoms with E-state index in [1.54, 1.807) is 0 Å². The van der Waals surface area contributed by atoms with Crippen molar-refractivity contribution in [3.63, 3.8) is 0 Å². The summed E-state index contributed by atoms with van der Waals surface area (Å²) in [6.07, 6.45) is 17.6. The van der Waals surface area contributed by atoms with Gasteiger partial charge in [0.1, 0.15) is 6.61 Å². The van der Waals surface area contributed by atoms with Gasteiger partial charge < -0.3 is 14.6 Å². The maximum absolute atomic E-state index is 10.2. The monoisotopic (exact) mass is 330 g/mol. The van der Waals surface area contributed by atoms with Crippen LogP contribution in [0.2, 0.25) is 0 Å². The highest BCUT2D eigenvalue weighted by Gasteiger charge is 1.96. The van der Waals surface area contributed by atoms with Crippen LogP contribution in [-0.2, 0) is 14.3 Å². The van der Waals surface area contributed by atoms with Crippen molar-refractivity contribution in [2.75, 3.05) is 26.4 Å². The lowest BCUT2D eigenvalue weighted by molar-refractivity contribution is -0.142. The van der Waals surface area contributed by atoms with Crippen molar-refractivity contribution < 1.29 is 19.4 Å². The number of carboxylic acids is 1. The van der Waals surface area contributed by atoms with E-state index in [0.29, 0.717) is 13.2 Å². The standard InChI is InChI=1S/C19H38O4/c1-2-3-4-5-6-7-8-9-10-11-12-13-14-15-22-16-17-23-18-19(20)21/h2-18H2,1H3,(H,20,21). The Morgan fingerprint density at radius 1 is 0.652 bits per heavy atom. The normalized spacial score (nSPS) is 11.0. The second kappa shape index (κ2) is 19.4. The summed E-state index contributed by atoms with van der Waals surface area (Å²) in [5, 5.41) is 8.38. The molecule has 0 aliphatic heterocycles. The van der Waals surface area contributed by atoms with Crippen LogP contribution in [0, 0.1) is 0 Å². The number of hydrogen-bond donors (Lipinski definition) is 1. The Morgan fingerprint density at radius 2 is 1.09 bits per heavy atom. The summed E-state index contributed by atoms with van der Waals surface area (Å²) in [6.45, 7) is 3.65. The van der Waals surface area contributed by atoms with Crippen LogP contribution in [0.25, 0.3) is 0 Å². The SMILES string of the molecule is CCCCCCCCCCCCCCCOCCOCC(=O)O. The van der Waals surface area contributed by atoms with E-state index in [1.807, 2.05) is 0 Å². The van der Waals surface area contributed by atoms with Crippen LogP contribution in [0.5, 0.6) is 0 Å². The van der Waals surface area contributed by atoms with Crippen molar-refractivity contribution in [3.8, 4) is 0 Å².